The van der Waals surface area contributed by atoms with E-state index in [0.29, 0.717) is 5.75 Å². The van der Waals surface area contributed by atoms with E-state index >= 15 is 0 Å². The third-order valence-electron chi connectivity index (χ3n) is 3.67. The lowest BCUT2D eigenvalue weighted by atomic mass is 10.1. The smallest absolute Gasteiger partial charge is 0.496 e. The zero-order valence-corrected chi connectivity index (χ0v) is 13.5. The van der Waals surface area contributed by atoms with Gasteiger partial charge in [-0.2, -0.15) is 17.6 Å². The predicted molar refractivity (Wildman–Crippen MR) is 85.0 cm³/mol. The summed E-state index contributed by atoms with van der Waals surface area (Å²) < 4.78 is 66.1. The van der Waals surface area contributed by atoms with E-state index in [-0.39, 0.29) is 17.9 Å². The monoisotopic (exact) mass is 370 g/mol. The van der Waals surface area contributed by atoms with Gasteiger partial charge in [0.05, 0.1) is 13.7 Å². The molecule has 2 aromatic carbocycles. The van der Waals surface area contributed by atoms with E-state index in [4.69, 9.17) is 10.5 Å². The lowest BCUT2D eigenvalue weighted by Gasteiger charge is -2.31. The van der Waals surface area contributed by atoms with Crippen LogP contribution in [-0.4, -0.2) is 25.2 Å². The molecule has 0 fully saturated rings. The third kappa shape index (κ3) is 3.24. The molecular formula is C17H14F4N2O3. The maximum Gasteiger partial charge on any atom is 0.507 e. The molecule has 0 saturated carbocycles. The number of benzene rings is 2. The van der Waals surface area contributed by atoms with Crippen LogP contribution >= 0.6 is 0 Å². The average molecular weight is 370 g/mol. The summed E-state index contributed by atoms with van der Waals surface area (Å²) in [6, 6.07) is 10.6. The van der Waals surface area contributed by atoms with Crippen LogP contribution in [-0.2, 0) is 6.54 Å². The highest BCUT2D eigenvalue weighted by Crippen LogP contribution is 2.46. The first-order valence-electron chi connectivity index (χ1n) is 7.43. The first-order chi connectivity index (χ1) is 12.2. The molecule has 1 heterocycles. The van der Waals surface area contributed by atoms with Gasteiger partial charge >= 0.3 is 12.2 Å². The van der Waals surface area contributed by atoms with Crippen molar-refractivity contribution in [1.82, 2.24) is 0 Å². The van der Waals surface area contributed by atoms with Gasteiger partial charge in [-0.3, -0.25) is 4.99 Å². The molecule has 26 heavy (non-hydrogen) atoms. The van der Waals surface area contributed by atoms with E-state index in [0.717, 1.165) is 17.7 Å². The van der Waals surface area contributed by atoms with Crippen molar-refractivity contribution in [2.45, 2.75) is 18.8 Å². The minimum Gasteiger partial charge on any atom is -0.496 e. The maximum atomic E-state index is 13.3. The Hall–Kier alpha value is -2.97. The Balaban J connectivity index is 1.84. The fraction of sp³-hybridized carbons (Fsp3) is 0.235. The van der Waals surface area contributed by atoms with E-state index in [9.17, 15) is 17.6 Å². The quantitative estimate of drug-likeness (QED) is 0.508. The van der Waals surface area contributed by atoms with E-state index in [1.54, 1.807) is 24.3 Å². The van der Waals surface area contributed by atoms with E-state index in [1.165, 1.54) is 13.2 Å². The molecule has 1 aliphatic rings. The molecule has 138 valence electrons. The van der Waals surface area contributed by atoms with E-state index in [1.807, 2.05) is 0 Å². The van der Waals surface area contributed by atoms with Crippen molar-refractivity contribution in [2.75, 3.05) is 7.11 Å². The average Bonchev–Trinajstić information content (AvgIpc) is 2.60. The second-order valence-electron chi connectivity index (χ2n) is 5.41. The molecule has 5 nitrogen and oxygen atoms in total. The number of nitrogens with zero attached hydrogens (tertiary/aromatic N) is 1. The molecule has 2 aromatic rings. The molecule has 0 aromatic heterocycles. The van der Waals surface area contributed by atoms with Gasteiger partial charge < -0.3 is 19.9 Å². The standard InChI is InChI=1S/C17H14F4N2O3/c1-24-12-5-3-2-4-11(12)9-23-15(22)10-6-7-13-14(8-10)26-17(20,21)16(18,19)25-13/h2-8H,9H2,1H3,(H2,22,23). The molecule has 0 spiro atoms. The highest BCUT2D eigenvalue weighted by Gasteiger charge is 2.65. The van der Waals surface area contributed by atoms with Gasteiger partial charge in [-0.1, -0.05) is 18.2 Å². The zero-order valence-electron chi connectivity index (χ0n) is 13.5. The highest BCUT2D eigenvalue weighted by atomic mass is 19.3. The van der Waals surface area contributed by atoms with Crippen LogP contribution in [0.25, 0.3) is 0 Å². The van der Waals surface area contributed by atoms with Gasteiger partial charge in [0, 0.05) is 11.1 Å². The Kier molecular flexibility index (Phi) is 4.39. The summed E-state index contributed by atoms with van der Waals surface area (Å²) in [4.78, 5) is 4.17. The number of halogens is 4. The van der Waals surface area contributed by atoms with Gasteiger partial charge in [0.2, 0.25) is 0 Å². The van der Waals surface area contributed by atoms with Crippen molar-refractivity contribution in [2.24, 2.45) is 10.7 Å². The van der Waals surface area contributed by atoms with Gasteiger partial charge in [-0.15, -0.1) is 0 Å². The number of nitrogens with two attached hydrogens (primary N) is 1. The van der Waals surface area contributed by atoms with Gasteiger partial charge in [0.15, 0.2) is 11.5 Å². The summed E-state index contributed by atoms with van der Waals surface area (Å²) >= 11 is 0. The maximum absolute atomic E-state index is 13.3. The number of fused-ring (bicyclic) bond motifs is 1. The summed E-state index contributed by atoms with van der Waals surface area (Å²) in [5.41, 5.74) is 6.86. The second-order valence-corrected chi connectivity index (χ2v) is 5.41. The Bertz CT molecular complexity index is 856. The summed E-state index contributed by atoms with van der Waals surface area (Å²) in [5, 5.41) is 0. The van der Waals surface area contributed by atoms with Crippen molar-refractivity contribution in [1.29, 1.82) is 0 Å². The number of hydrogen-bond donors (Lipinski definition) is 1. The van der Waals surface area contributed by atoms with E-state index in [2.05, 4.69) is 14.5 Å². The number of methoxy groups -OCH3 is 1. The van der Waals surface area contributed by atoms with Crippen LogP contribution in [0.5, 0.6) is 17.2 Å². The number of aliphatic imine (C=N–C) groups is 1. The van der Waals surface area contributed by atoms with Crippen LogP contribution in [0.15, 0.2) is 47.5 Å². The predicted octanol–water partition coefficient (Wildman–Crippen LogP) is 3.56. The Morgan fingerprint density at radius 3 is 2.38 bits per heavy atom. The van der Waals surface area contributed by atoms with Gasteiger partial charge in [-0.25, -0.2) is 0 Å². The first-order valence-corrected chi connectivity index (χ1v) is 7.43. The number of alkyl halides is 4. The highest BCUT2D eigenvalue weighted by molar-refractivity contribution is 5.98. The van der Waals surface area contributed by atoms with Crippen LogP contribution < -0.4 is 19.9 Å². The van der Waals surface area contributed by atoms with Crippen molar-refractivity contribution in [3.8, 4) is 17.2 Å². The number of amidine groups is 1. The molecular weight excluding hydrogens is 356 g/mol. The summed E-state index contributed by atoms with van der Waals surface area (Å²) in [6.07, 6.45) is -9.55. The van der Waals surface area contributed by atoms with Gasteiger partial charge in [0.25, 0.3) is 0 Å². The zero-order chi connectivity index (χ0) is 18.9. The third-order valence-corrected chi connectivity index (χ3v) is 3.67. The Labute approximate surface area is 146 Å². The van der Waals surface area contributed by atoms with Gasteiger partial charge in [0.1, 0.15) is 11.6 Å². The minimum absolute atomic E-state index is 0.0166. The number of ether oxygens (including phenoxy) is 3. The van der Waals surface area contributed by atoms with Crippen LogP contribution in [0, 0.1) is 0 Å². The SMILES string of the molecule is COc1ccccc1CN=C(N)c1ccc2c(c1)OC(F)(F)C(F)(F)O2. The fourth-order valence-corrected chi connectivity index (χ4v) is 2.32. The van der Waals surface area contributed by atoms with E-state index < -0.39 is 23.7 Å². The Morgan fingerprint density at radius 1 is 1.04 bits per heavy atom. The largest absolute Gasteiger partial charge is 0.507 e. The molecule has 0 bridgehead atoms. The lowest BCUT2D eigenvalue weighted by Crippen LogP contribution is -2.52. The Morgan fingerprint density at radius 2 is 1.69 bits per heavy atom. The molecule has 0 amide bonds. The molecule has 9 heteroatoms. The molecule has 0 saturated heterocycles. The minimum atomic E-state index is -4.79. The molecule has 0 atom stereocenters. The topological polar surface area (TPSA) is 66.1 Å². The molecule has 3 rings (SSSR count). The fourth-order valence-electron chi connectivity index (χ4n) is 2.32. The molecule has 1 aliphatic heterocycles. The molecule has 0 aliphatic carbocycles. The van der Waals surface area contributed by atoms with Crippen LogP contribution in [0.1, 0.15) is 11.1 Å². The molecule has 2 N–H and O–H groups in total. The number of rotatable bonds is 4. The van der Waals surface area contributed by atoms with Crippen LogP contribution in [0.4, 0.5) is 17.6 Å². The number of para-hydroxylation sites is 1. The lowest BCUT2D eigenvalue weighted by molar-refractivity contribution is -0.391. The second kappa shape index (κ2) is 6.40. The van der Waals surface area contributed by atoms with Crippen molar-refractivity contribution < 1.29 is 31.8 Å². The van der Waals surface area contributed by atoms with Crippen molar-refractivity contribution in [3.63, 3.8) is 0 Å². The van der Waals surface area contributed by atoms with Crippen molar-refractivity contribution >= 4 is 5.84 Å². The summed E-state index contributed by atoms with van der Waals surface area (Å²) in [7, 11) is 1.52. The summed E-state index contributed by atoms with van der Waals surface area (Å²) in [5.74, 6) is -0.424. The first kappa shape index (κ1) is 17.8. The van der Waals surface area contributed by atoms with Crippen LogP contribution in [0.3, 0.4) is 0 Å². The normalized spacial score (nSPS) is 17.7. The van der Waals surface area contributed by atoms with Crippen LogP contribution in [0.2, 0.25) is 0 Å². The molecule has 0 unspecified atom stereocenters. The number of hydrogen-bond acceptors (Lipinski definition) is 4. The summed E-state index contributed by atoms with van der Waals surface area (Å²) in [6.45, 7) is 0.179. The van der Waals surface area contributed by atoms with Crippen molar-refractivity contribution in [3.05, 3.63) is 53.6 Å². The van der Waals surface area contributed by atoms with Gasteiger partial charge in [-0.05, 0) is 24.3 Å². The molecule has 0 radical (unpaired) electrons.